The zero-order valence-corrected chi connectivity index (χ0v) is 17.2. The highest BCUT2D eigenvalue weighted by Gasteiger charge is 2.12. The minimum atomic E-state index is -0.431. The number of amides is 1. The molecule has 2 aromatic heterocycles. The summed E-state index contributed by atoms with van der Waals surface area (Å²) < 4.78 is 0. The average molecular weight is 417 g/mol. The second-order valence-corrected chi connectivity index (χ2v) is 8.00. The molecule has 0 saturated carbocycles. The molecule has 0 radical (unpaired) electrons. The number of thiazole rings is 1. The Morgan fingerprint density at radius 2 is 2.04 bits per heavy atom. The molecule has 3 aromatic rings. The van der Waals surface area contributed by atoms with Crippen LogP contribution in [-0.2, 0) is 19.6 Å². The molecule has 0 aliphatic carbocycles. The number of halogens is 1. The number of pyridine rings is 1. The number of carbonyl (C=O) groups excluding carboxylic acids is 1. The molecule has 0 atom stereocenters. The van der Waals surface area contributed by atoms with Crippen molar-refractivity contribution in [3.63, 3.8) is 0 Å². The Balaban J connectivity index is 1.60. The highest BCUT2D eigenvalue weighted by molar-refractivity contribution is 7.09. The molecule has 0 bridgehead atoms. The van der Waals surface area contributed by atoms with E-state index in [1.165, 1.54) is 0 Å². The van der Waals surface area contributed by atoms with Crippen LogP contribution in [0.4, 0.5) is 0 Å². The molecule has 0 unspecified atom stereocenters. The van der Waals surface area contributed by atoms with Gasteiger partial charge in [-0.25, -0.2) is 4.98 Å². The minimum absolute atomic E-state index is 0.0774. The van der Waals surface area contributed by atoms with E-state index in [-0.39, 0.29) is 12.1 Å². The molecule has 6 nitrogen and oxygen atoms in total. The minimum Gasteiger partial charge on any atom is -0.348 e. The standard InChI is InChI=1S/C20H21ClN4O2S/c1-13-23-16(12-28-13)11-25(2)10-15-7-8-17(20(27)24-15)19(26)22-9-14-5-3-4-6-18(14)21/h3-8,12H,9-11H2,1-2H3,(H,22,26)(H,24,27). The SMILES string of the molecule is Cc1nc(CN(C)Cc2ccc(C(=O)NCc3ccccc3Cl)c(=O)[nH]2)cs1. The largest absolute Gasteiger partial charge is 0.348 e. The summed E-state index contributed by atoms with van der Waals surface area (Å²) in [6, 6.07) is 10.6. The smallest absolute Gasteiger partial charge is 0.261 e. The fourth-order valence-corrected chi connectivity index (χ4v) is 3.61. The molecule has 1 amide bonds. The van der Waals surface area contributed by atoms with E-state index in [4.69, 9.17) is 11.6 Å². The lowest BCUT2D eigenvalue weighted by Crippen LogP contribution is -2.30. The Morgan fingerprint density at radius 3 is 2.71 bits per heavy atom. The summed E-state index contributed by atoms with van der Waals surface area (Å²) in [4.78, 5) is 33.9. The van der Waals surface area contributed by atoms with Gasteiger partial charge in [-0.05, 0) is 37.7 Å². The van der Waals surface area contributed by atoms with Crippen molar-refractivity contribution in [1.29, 1.82) is 0 Å². The van der Waals surface area contributed by atoms with E-state index < -0.39 is 11.5 Å². The highest BCUT2D eigenvalue weighted by Crippen LogP contribution is 2.14. The van der Waals surface area contributed by atoms with E-state index in [1.807, 2.05) is 37.6 Å². The summed E-state index contributed by atoms with van der Waals surface area (Å²) in [5.41, 5.74) is 2.20. The van der Waals surface area contributed by atoms with Crippen molar-refractivity contribution in [1.82, 2.24) is 20.2 Å². The van der Waals surface area contributed by atoms with Crippen LogP contribution in [0.5, 0.6) is 0 Å². The van der Waals surface area contributed by atoms with Crippen LogP contribution >= 0.6 is 22.9 Å². The number of benzene rings is 1. The maximum atomic E-state index is 12.3. The summed E-state index contributed by atoms with van der Waals surface area (Å²) in [6.45, 7) is 3.47. The Morgan fingerprint density at radius 1 is 1.25 bits per heavy atom. The van der Waals surface area contributed by atoms with E-state index >= 15 is 0 Å². The molecule has 0 fully saturated rings. The van der Waals surface area contributed by atoms with Gasteiger partial charge in [-0.15, -0.1) is 11.3 Å². The molecule has 8 heteroatoms. The Kier molecular flexibility index (Phi) is 6.61. The Hall–Kier alpha value is -2.48. The Labute approximate surface area is 172 Å². The second kappa shape index (κ2) is 9.14. The summed E-state index contributed by atoms with van der Waals surface area (Å²) >= 11 is 7.70. The number of carbonyl (C=O) groups is 1. The maximum absolute atomic E-state index is 12.3. The third kappa shape index (κ3) is 5.28. The molecule has 0 aliphatic rings. The number of hydrogen-bond donors (Lipinski definition) is 2. The molecule has 0 saturated heterocycles. The van der Waals surface area contributed by atoms with Crippen molar-refractivity contribution in [3.8, 4) is 0 Å². The van der Waals surface area contributed by atoms with Gasteiger partial charge in [-0.3, -0.25) is 14.5 Å². The number of nitrogens with one attached hydrogen (secondary N) is 2. The average Bonchev–Trinajstić information content (AvgIpc) is 3.05. The van der Waals surface area contributed by atoms with Gasteiger partial charge in [0.15, 0.2) is 0 Å². The third-order valence-corrected chi connectivity index (χ3v) is 5.34. The van der Waals surface area contributed by atoms with E-state index in [2.05, 4.69) is 20.2 Å². The quantitative estimate of drug-likeness (QED) is 0.619. The normalized spacial score (nSPS) is 11.0. The highest BCUT2D eigenvalue weighted by atomic mass is 35.5. The number of hydrogen-bond acceptors (Lipinski definition) is 5. The number of aromatic amines is 1. The molecule has 0 spiro atoms. The van der Waals surface area contributed by atoms with E-state index in [9.17, 15) is 9.59 Å². The first-order valence-electron chi connectivity index (χ1n) is 8.75. The van der Waals surface area contributed by atoms with Crippen LogP contribution in [0.3, 0.4) is 0 Å². The molecule has 146 valence electrons. The fourth-order valence-electron chi connectivity index (χ4n) is 2.80. The van der Waals surface area contributed by atoms with Crippen molar-refractivity contribution in [3.05, 3.63) is 84.7 Å². The van der Waals surface area contributed by atoms with Crippen molar-refractivity contribution in [2.75, 3.05) is 7.05 Å². The summed E-state index contributed by atoms with van der Waals surface area (Å²) in [6.07, 6.45) is 0. The maximum Gasteiger partial charge on any atom is 0.261 e. The molecule has 28 heavy (non-hydrogen) atoms. The lowest BCUT2D eigenvalue weighted by atomic mass is 10.2. The second-order valence-electron chi connectivity index (χ2n) is 6.53. The van der Waals surface area contributed by atoms with Crippen LogP contribution in [0, 0.1) is 6.92 Å². The molecule has 3 rings (SSSR count). The van der Waals surface area contributed by atoms with Gasteiger partial charge in [0.2, 0.25) is 0 Å². The van der Waals surface area contributed by atoms with Crippen molar-refractivity contribution >= 4 is 28.8 Å². The number of aryl methyl sites for hydroxylation is 1. The zero-order valence-electron chi connectivity index (χ0n) is 15.7. The first-order chi connectivity index (χ1) is 13.4. The summed E-state index contributed by atoms with van der Waals surface area (Å²) in [5.74, 6) is -0.431. The molecule has 2 heterocycles. The van der Waals surface area contributed by atoms with E-state index in [1.54, 1.807) is 29.5 Å². The van der Waals surface area contributed by atoms with Crippen LogP contribution in [0.2, 0.25) is 5.02 Å². The predicted octanol–water partition coefficient (Wildman–Crippen LogP) is 3.36. The van der Waals surface area contributed by atoms with Gasteiger partial charge in [0.25, 0.3) is 11.5 Å². The topological polar surface area (TPSA) is 78.1 Å². The van der Waals surface area contributed by atoms with Crippen molar-refractivity contribution < 1.29 is 4.79 Å². The predicted molar refractivity (Wildman–Crippen MR) is 112 cm³/mol. The first kappa shape index (κ1) is 20.3. The van der Waals surface area contributed by atoms with Crippen LogP contribution in [0.1, 0.15) is 32.3 Å². The monoisotopic (exact) mass is 416 g/mol. The summed E-state index contributed by atoms with van der Waals surface area (Å²) in [5, 5.41) is 6.37. The van der Waals surface area contributed by atoms with Crippen LogP contribution in [-0.4, -0.2) is 27.8 Å². The van der Waals surface area contributed by atoms with Gasteiger partial charge in [0, 0.05) is 35.7 Å². The van der Waals surface area contributed by atoms with E-state index in [0.29, 0.717) is 18.1 Å². The summed E-state index contributed by atoms with van der Waals surface area (Å²) in [7, 11) is 1.96. The van der Waals surface area contributed by atoms with Crippen molar-refractivity contribution in [2.24, 2.45) is 0 Å². The number of H-pyrrole nitrogens is 1. The third-order valence-electron chi connectivity index (χ3n) is 4.15. The van der Waals surface area contributed by atoms with Gasteiger partial charge in [0.05, 0.1) is 10.7 Å². The molecule has 0 aliphatic heterocycles. The lowest BCUT2D eigenvalue weighted by Gasteiger charge is -2.15. The van der Waals surface area contributed by atoms with Gasteiger partial charge in [-0.2, -0.15) is 0 Å². The van der Waals surface area contributed by atoms with Crippen LogP contribution in [0.25, 0.3) is 0 Å². The Bertz CT molecular complexity index is 1030. The lowest BCUT2D eigenvalue weighted by molar-refractivity contribution is 0.0949. The molecule has 1 aromatic carbocycles. The molecular formula is C20H21ClN4O2S. The van der Waals surface area contributed by atoms with Crippen molar-refractivity contribution in [2.45, 2.75) is 26.6 Å². The van der Waals surface area contributed by atoms with E-state index in [0.717, 1.165) is 22.0 Å². The number of aromatic nitrogens is 2. The first-order valence-corrected chi connectivity index (χ1v) is 10.0. The molecule has 2 N–H and O–H groups in total. The van der Waals surface area contributed by atoms with Gasteiger partial charge in [-0.1, -0.05) is 29.8 Å². The van der Waals surface area contributed by atoms with Gasteiger partial charge < -0.3 is 10.3 Å². The van der Waals surface area contributed by atoms with Gasteiger partial charge >= 0.3 is 0 Å². The molecular weight excluding hydrogens is 396 g/mol. The van der Waals surface area contributed by atoms with Crippen LogP contribution in [0.15, 0.2) is 46.6 Å². The van der Waals surface area contributed by atoms with Gasteiger partial charge in [0.1, 0.15) is 5.56 Å². The zero-order chi connectivity index (χ0) is 20.1. The fraction of sp³-hybridized carbons (Fsp3) is 0.250. The van der Waals surface area contributed by atoms with Crippen LogP contribution < -0.4 is 10.9 Å². The number of nitrogens with zero attached hydrogens (tertiary/aromatic N) is 2. The number of rotatable bonds is 7.